The van der Waals surface area contributed by atoms with E-state index < -0.39 is 5.82 Å². The topological polar surface area (TPSA) is 54.3 Å². The molecule has 1 aromatic carbocycles. The fourth-order valence-corrected chi connectivity index (χ4v) is 3.29. The van der Waals surface area contributed by atoms with Crippen LogP contribution < -0.4 is 9.80 Å². The molecule has 8 heteroatoms. The van der Waals surface area contributed by atoms with Crippen molar-refractivity contribution in [2.75, 3.05) is 29.4 Å². The molecule has 3 heterocycles. The monoisotopic (exact) mass is 359 g/mol. The van der Waals surface area contributed by atoms with Crippen molar-refractivity contribution in [2.24, 2.45) is 7.05 Å². The Hall–Kier alpha value is -2.67. The maximum atomic E-state index is 14.9. The van der Waals surface area contributed by atoms with Crippen molar-refractivity contribution in [3.05, 3.63) is 47.6 Å². The number of nitrogens with zero attached hydrogens (tertiary/aromatic N) is 5. The lowest BCUT2D eigenvalue weighted by atomic mass is 10.1. The number of piperazine rings is 1. The summed E-state index contributed by atoms with van der Waals surface area (Å²) in [7, 11) is 1.80. The van der Waals surface area contributed by atoms with Crippen molar-refractivity contribution < 1.29 is 9.18 Å². The molecule has 0 bridgehead atoms. The van der Waals surface area contributed by atoms with Gasteiger partial charge in [-0.1, -0.05) is 11.6 Å². The smallest absolute Gasteiger partial charge is 0.246 e. The molecular formula is C17H15ClFN5O. The standard InChI is InChI=1S/C17H15ClFN5O/c1-22-9-11(8-21-22)24-7-6-23(10-15(24)25)14-3-2-12-13(18)4-5-20-17(12)16(14)19/h2-5,8-9H,6-7,10H2,1H3. The lowest BCUT2D eigenvalue weighted by Crippen LogP contribution is -2.50. The molecule has 0 saturated carbocycles. The molecule has 6 nitrogen and oxygen atoms in total. The zero-order chi connectivity index (χ0) is 17.6. The van der Waals surface area contributed by atoms with Crippen molar-refractivity contribution in [3.8, 4) is 0 Å². The molecule has 1 fully saturated rings. The molecule has 4 rings (SSSR count). The van der Waals surface area contributed by atoms with E-state index in [0.29, 0.717) is 29.2 Å². The second kappa shape index (κ2) is 6.00. The van der Waals surface area contributed by atoms with Gasteiger partial charge in [0, 0.05) is 37.9 Å². The van der Waals surface area contributed by atoms with Gasteiger partial charge in [0.05, 0.1) is 29.1 Å². The molecule has 1 aliphatic heterocycles. The zero-order valence-corrected chi connectivity index (χ0v) is 14.2. The van der Waals surface area contributed by atoms with E-state index >= 15 is 0 Å². The van der Waals surface area contributed by atoms with Crippen molar-refractivity contribution in [1.82, 2.24) is 14.8 Å². The first-order valence-corrected chi connectivity index (χ1v) is 8.19. The largest absolute Gasteiger partial charge is 0.358 e. The molecule has 1 saturated heterocycles. The number of amides is 1. The highest BCUT2D eigenvalue weighted by Crippen LogP contribution is 2.31. The molecule has 2 aromatic heterocycles. The molecule has 25 heavy (non-hydrogen) atoms. The van der Waals surface area contributed by atoms with Gasteiger partial charge < -0.3 is 9.80 Å². The van der Waals surface area contributed by atoms with Crippen LogP contribution in [-0.4, -0.2) is 40.3 Å². The number of rotatable bonds is 2. The first-order valence-electron chi connectivity index (χ1n) is 7.81. The highest BCUT2D eigenvalue weighted by atomic mass is 35.5. The Morgan fingerprint density at radius 3 is 2.80 bits per heavy atom. The van der Waals surface area contributed by atoms with Gasteiger partial charge in [-0.15, -0.1) is 0 Å². The number of carbonyl (C=O) groups excluding carboxylic acids is 1. The molecule has 0 spiro atoms. The Kier molecular flexibility index (Phi) is 3.80. The fourth-order valence-electron chi connectivity index (χ4n) is 3.08. The Labute approximate surface area is 148 Å². The summed E-state index contributed by atoms with van der Waals surface area (Å²) in [6.45, 7) is 1.08. The number of hydrogen-bond donors (Lipinski definition) is 0. The summed E-state index contributed by atoms with van der Waals surface area (Å²) < 4.78 is 16.5. The summed E-state index contributed by atoms with van der Waals surface area (Å²) in [6.07, 6.45) is 4.91. The second-order valence-electron chi connectivity index (χ2n) is 5.93. The van der Waals surface area contributed by atoms with Crippen LogP contribution in [0.25, 0.3) is 10.9 Å². The van der Waals surface area contributed by atoms with E-state index in [0.717, 1.165) is 5.69 Å². The van der Waals surface area contributed by atoms with Crippen molar-refractivity contribution in [3.63, 3.8) is 0 Å². The minimum Gasteiger partial charge on any atom is -0.358 e. The van der Waals surface area contributed by atoms with Crippen LogP contribution in [0.5, 0.6) is 0 Å². The predicted octanol–water partition coefficient (Wildman–Crippen LogP) is 2.61. The van der Waals surface area contributed by atoms with Gasteiger partial charge >= 0.3 is 0 Å². The van der Waals surface area contributed by atoms with Crippen LogP contribution >= 0.6 is 11.6 Å². The van der Waals surface area contributed by atoms with Crippen LogP contribution in [0.3, 0.4) is 0 Å². The summed E-state index contributed by atoms with van der Waals surface area (Å²) in [5.41, 5.74) is 1.33. The van der Waals surface area contributed by atoms with Gasteiger partial charge in [-0.3, -0.25) is 14.5 Å². The van der Waals surface area contributed by atoms with Gasteiger partial charge in [0.2, 0.25) is 5.91 Å². The predicted molar refractivity (Wildman–Crippen MR) is 94.5 cm³/mol. The summed E-state index contributed by atoms with van der Waals surface area (Å²) >= 11 is 6.09. The molecule has 0 N–H and O–H groups in total. The average Bonchev–Trinajstić information content (AvgIpc) is 3.02. The molecule has 0 aliphatic carbocycles. The van der Waals surface area contributed by atoms with E-state index in [1.165, 1.54) is 6.20 Å². The van der Waals surface area contributed by atoms with Gasteiger partial charge in [-0.05, 0) is 18.2 Å². The number of aromatic nitrogens is 3. The van der Waals surface area contributed by atoms with Gasteiger partial charge in [0.1, 0.15) is 5.52 Å². The van der Waals surface area contributed by atoms with Crippen LogP contribution in [0, 0.1) is 5.82 Å². The third kappa shape index (κ3) is 2.70. The quantitative estimate of drug-likeness (QED) is 0.706. The maximum absolute atomic E-state index is 14.9. The molecule has 0 atom stereocenters. The molecular weight excluding hydrogens is 345 g/mol. The fraction of sp³-hybridized carbons (Fsp3) is 0.235. The van der Waals surface area contributed by atoms with Crippen LogP contribution in [-0.2, 0) is 11.8 Å². The van der Waals surface area contributed by atoms with Crippen LogP contribution in [0.15, 0.2) is 36.8 Å². The Bertz CT molecular complexity index is 973. The third-order valence-electron chi connectivity index (χ3n) is 4.34. The molecule has 1 aliphatic rings. The van der Waals surface area contributed by atoms with Crippen molar-refractivity contribution >= 4 is 39.8 Å². The number of fused-ring (bicyclic) bond motifs is 1. The normalized spacial score (nSPS) is 15.2. The van der Waals surface area contributed by atoms with Crippen molar-refractivity contribution in [1.29, 1.82) is 0 Å². The summed E-state index contributed by atoms with van der Waals surface area (Å²) in [4.78, 5) is 20.0. The third-order valence-corrected chi connectivity index (χ3v) is 4.67. The number of halogens is 2. The Balaban J connectivity index is 1.63. The number of aryl methyl sites for hydroxylation is 1. The molecule has 3 aromatic rings. The van der Waals surface area contributed by atoms with Crippen LogP contribution in [0.1, 0.15) is 0 Å². The summed E-state index contributed by atoms with van der Waals surface area (Å²) in [5, 5.41) is 5.10. The van der Waals surface area contributed by atoms with Gasteiger partial charge in [0.15, 0.2) is 5.82 Å². The molecule has 0 unspecified atom stereocenters. The average molecular weight is 360 g/mol. The first-order chi connectivity index (χ1) is 12.0. The SMILES string of the molecule is Cn1cc(N2CCN(c3ccc4c(Cl)ccnc4c3F)CC2=O)cn1. The van der Waals surface area contributed by atoms with E-state index in [-0.39, 0.29) is 18.0 Å². The van der Waals surface area contributed by atoms with Gasteiger partial charge in [0.25, 0.3) is 0 Å². The molecule has 0 radical (unpaired) electrons. The van der Waals surface area contributed by atoms with Crippen LogP contribution in [0.2, 0.25) is 5.02 Å². The number of pyridine rings is 1. The number of hydrogen-bond acceptors (Lipinski definition) is 4. The number of carbonyl (C=O) groups is 1. The summed E-state index contributed by atoms with van der Waals surface area (Å²) in [6, 6.07) is 5.01. The maximum Gasteiger partial charge on any atom is 0.246 e. The van der Waals surface area contributed by atoms with Gasteiger partial charge in [-0.25, -0.2) is 4.39 Å². The highest BCUT2D eigenvalue weighted by molar-refractivity contribution is 6.35. The Morgan fingerprint density at radius 1 is 1.24 bits per heavy atom. The van der Waals surface area contributed by atoms with Crippen LogP contribution in [0.4, 0.5) is 15.8 Å². The summed E-state index contributed by atoms with van der Waals surface area (Å²) in [5.74, 6) is -0.555. The van der Waals surface area contributed by atoms with E-state index in [4.69, 9.17) is 11.6 Å². The van der Waals surface area contributed by atoms with E-state index in [1.54, 1.807) is 52.1 Å². The molecule has 1 amide bonds. The minimum atomic E-state index is -0.456. The number of benzene rings is 1. The highest BCUT2D eigenvalue weighted by Gasteiger charge is 2.28. The minimum absolute atomic E-state index is 0.0951. The Morgan fingerprint density at radius 2 is 2.08 bits per heavy atom. The lowest BCUT2D eigenvalue weighted by Gasteiger charge is -2.35. The van der Waals surface area contributed by atoms with Crippen molar-refractivity contribution in [2.45, 2.75) is 0 Å². The first kappa shape index (κ1) is 15.8. The molecule has 128 valence electrons. The zero-order valence-electron chi connectivity index (χ0n) is 13.5. The van der Waals surface area contributed by atoms with Gasteiger partial charge in [-0.2, -0.15) is 5.10 Å². The van der Waals surface area contributed by atoms with E-state index in [9.17, 15) is 9.18 Å². The van der Waals surface area contributed by atoms with E-state index in [2.05, 4.69) is 10.1 Å². The lowest BCUT2D eigenvalue weighted by molar-refractivity contribution is -0.117. The second-order valence-corrected chi connectivity index (χ2v) is 6.33. The van der Waals surface area contributed by atoms with E-state index in [1.807, 2.05) is 0 Å². The number of anilines is 2.